The average molecular weight is 301 g/mol. The largest absolute Gasteiger partial charge is 0.342 e. The van der Waals surface area contributed by atoms with Crippen molar-refractivity contribution >= 4 is 11.7 Å². The number of carbonyl (C=O) groups is 2. The van der Waals surface area contributed by atoms with Crippen LogP contribution in [0.15, 0.2) is 24.3 Å². The van der Waals surface area contributed by atoms with Crippen LogP contribution in [0.3, 0.4) is 0 Å². The molecule has 0 saturated heterocycles. The third kappa shape index (κ3) is 4.19. The molecule has 0 bridgehead atoms. The molecule has 1 aliphatic carbocycles. The van der Waals surface area contributed by atoms with Gasteiger partial charge >= 0.3 is 0 Å². The highest BCUT2D eigenvalue weighted by atomic mass is 16.2. The Bertz CT molecular complexity index is 530. The third-order valence-electron chi connectivity index (χ3n) is 4.56. The van der Waals surface area contributed by atoms with Crippen molar-refractivity contribution in [1.29, 1.82) is 0 Å². The fourth-order valence-corrected chi connectivity index (χ4v) is 3.26. The summed E-state index contributed by atoms with van der Waals surface area (Å²) in [6, 6.07) is 7.18. The van der Waals surface area contributed by atoms with Gasteiger partial charge in [0.2, 0.25) is 0 Å². The standard InChI is InChI=1S/C19H27NO2/c1-13(2)18(21)17(15-9-5-4-6-10-15)20-19(22)16-11-7-8-14(3)12-16/h7-8,11-13,15,17H,4-6,9-10H2,1-3H3,(H,20,22)/t17-/m1/s1. The number of hydrogen-bond donors (Lipinski definition) is 1. The molecule has 0 unspecified atom stereocenters. The zero-order valence-corrected chi connectivity index (χ0v) is 13.9. The van der Waals surface area contributed by atoms with E-state index in [9.17, 15) is 9.59 Å². The molecule has 0 radical (unpaired) electrons. The van der Waals surface area contributed by atoms with Crippen molar-refractivity contribution < 1.29 is 9.59 Å². The van der Waals surface area contributed by atoms with Gasteiger partial charge in [-0.1, -0.05) is 50.8 Å². The highest BCUT2D eigenvalue weighted by molar-refractivity contribution is 5.98. The highest BCUT2D eigenvalue weighted by Crippen LogP contribution is 2.28. The van der Waals surface area contributed by atoms with Crippen molar-refractivity contribution in [2.24, 2.45) is 11.8 Å². The summed E-state index contributed by atoms with van der Waals surface area (Å²) in [6.07, 6.45) is 5.64. The molecular weight excluding hydrogens is 274 g/mol. The second-order valence-corrected chi connectivity index (χ2v) is 6.78. The van der Waals surface area contributed by atoms with Gasteiger partial charge in [-0.3, -0.25) is 9.59 Å². The predicted molar refractivity (Wildman–Crippen MR) is 88.9 cm³/mol. The van der Waals surface area contributed by atoms with Gasteiger partial charge in [-0.15, -0.1) is 0 Å². The van der Waals surface area contributed by atoms with E-state index in [0.717, 1.165) is 31.2 Å². The molecule has 1 fully saturated rings. The molecule has 0 aliphatic heterocycles. The first kappa shape index (κ1) is 16.7. The van der Waals surface area contributed by atoms with E-state index in [1.807, 2.05) is 39.0 Å². The molecule has 1 aromatic rings. The normalized spacial score (nSPS) is 17.3. The summed E-state index contributed by atoms with van der Waals surface area (Å²) in [5, 5.41) is 3.02. The predicted octanol–water partition coefficient (Wildman–Crippen LogP) is 3.90. The Morgan fingerprint density at radius 1 is 1.14 bits per heavy atom. The Balaban J connectivity index is 2.14. The summed E-state index contributed by atoms with van der Waals surface area (Å²) in [7, 11) is 0. The lowest BCUT2D eigenvalue weighted by Gasteiger charge is -2.31. The Labute approximate surface area is 133 Å². The Hall–Kier alpha value is -1.64. The molecule has 1 N–H and O–H groups in total. The molecular formula is C19H27NO2. The summed E-state index contributed by atoms with van der Waals surface area (Å²) in [6.45, 7) is 5.79. The number of rotatable bonds is 5. The minimum atomic E-state index is -0.340. The van der Waals surface area contributed by atoms with E-state index in [-0.39, 0.29) is 29.6 Å². The molecule has 1 saturated carbocycles. The summed E-state index contributed by atoms with van der Waals surface area (Å²) < 4.78 is 0. The topological polar surface area (TPSA) is 46.2 Å². The van der Waals surface area contributed by atoms with Crippen LogP contribution in [0.1, 0.15) is 61.9 Å². The summed E-state index contributed by atoms with van der Waals surface area (Å²) in [4.78, 5) is 25.1. The molecule has 0 heterocycles. The molecule has 1 amide bonds. The number of aryl methyl sites for hydroxylation is 1. The van der Waals surface area contributed by atoms with Gasteiger partial charge in [-0.05, 0) is 37.8 Å². The maximum Gasteiger partial charge on any atom is 0.251 e. The van der Waals surface area contributed by atoms with E-state index in [2.05, 4.69) is 5.32 Å². The van der Waals surface area contributed by atoms with Crippen LogP contribution in [0.25, 0.3) is 0 Å². The first-order valence-electron chi connectivity index (χ1n) is 8.40. The number of nitrogens with one attached hydrogen (secondary N) is 1. The second-order valence-electron chi connectivity index (χ2n) is 6.78. The molecule has 0 aromatic heterocycles. The molecule has 22 heavy (non-hydrogen) atoms. The van der Waals surface area contributed by atoms with Gasteiger partial charge in [0, 0.05) is 11.5 Å². The lowest BCUT2D eigenvalue weighted by atomic mass is 9.80. The number of Topliss-reactive ketones (excluding diaryl/α,β-unsaturated/α-hetero) is 1. The maximum atomic E-state index is 12.6. The molecule has 1 aromatic carbocycles. The van der Waals surface area contributed by atoms with Crippen LogP contribution < -0.4 is 5.32 Å². The van der Waals surface area contributed by atoms with E-state index >= 15 is 0 Å². The first-order valence-corrected chi connectivity index (χ1v) is 8.40. The maximum absolute atomic E-state index is 12.6. The fraction of sp³-hybridized carbons (Fsp3) is 0.579. The lowest BCUT2D eigenvalue weighted by Crippen LogP contribution is -2.48. The van der Waals surface area contributed by atoms with Crippen LogP contribution in [0, 0.1) is 18.8 Å². The first-order chi connectivity index (χ1) is 10.5. The molecule has 1 atom stereocenters. The summed E-state index contributed by atoms with van der Waals surface area (Å²) in [5.41, 5.74) is 1.69. The number of amides is 1. The highest BCUT2D eigenvalue weighted by Gasteiger charge is 2.32. The molecule has 3 nitrogen and oxygen atoms in total. The zero-order chi connectivity index (χ0) is 16.1. The lowest BCUT2D eigenvalue weighted by molar-refractivity contribution is -0.125. The minimum Gasteiger partial charge on any atom is -0.342 e. The zero-order valence-electron chi connectivity index (χ0n) is 13.9. The number of ketones is 1. The van der Waals surface area contributed by atoms with Crippen LogP contribution in [0.4, 0.5) is 0 Å². The quantitative estimate of drug-likeness (QED) is 0.896. The van der Waals surface area contributed by atoms with Gasteiger partial charge in [-0.25, -0.2) is 0 Å². The van der Waals surface area contributed by atoms with Gasteiger partial charge in [0.15, 0.2) is 5.78 Å². The van der Waals surface area contributed by atoms with E-state index in [1.165, 1.54) is 6.42 Å². The van der Waals surface area contributed by atoms with Crippen molar-refractivity contribution in [3.8, 4) is 0 Å². The van der Waals surface area contributed by atoms with Crippen molar-refractivity contribution in [1.82, 2.24) is 5.32 Å². The number of hydrogen-bond acceptors (Lipinski definition) is 2. The van der Waals surface area contributed by atoms with Crippen molar-refractivity contribution in [2.45, 2.75) is 58.9 Å². The van der Waals surface area contributed by atoms with E-state index in [4.69, 9.17) is 0 Å². The SMILES string of the molecule is Cc1cccc(C(=O)N[C@@H](C(=O)C(C)C)C2CCCCC2)c1. The van der Waals surface area contributed by atoms with Crippen LogP contribution >= 0.6 is 0 Å². The number of carbonyl (C=O) groups excluding carboxylic acids is 2. The molecule has 1 aliphatic rings. The molecule has 0 spiro atoms. The van der Waals surface area contributed by atoms with Crippen LogP contribution in [0.2, 0.25) is 0 Å². The van der Waals surface area contributed by atoms with Crippen molar-refractivity contribution in [3.63, 3.8) is 0 Å². The van der Waals surface area contributed by atoms with Crippen molar-refractivity contribution in [2.75, 3.05) is 0 Å². The second kappa shape index (κ2) is 7.57. The molecule has 120 valence electrons. The van der Waals surface area contributed by atoms with Gasteiger partial charge in [-0.2, -0.15) is 0 Å². The van der Waals surface area contributed by atoms with Gasteiger partial charge in [0.25, 0.3) is 5.91 Å². The van der Waals surface area contributed by atoms with E-state index < -0.39 is 0 Å². The third-order valence-corrected chi connectivity index (χ3v) is 4.56. The monoisotopic (exact) mass is 301 g/mol. The van der Waals surface area contributed by atoms with E-state index in [0.29, 0.717) is 5.56 Å². The molecule has 2 rings (SSSR count). The summed E-state index contributed by atoms with van der Waals surface area (Å²) in [5.74, 6) is 0.267. The van der Waals surface area contributed by atoms with Gasteiger partial charge in [0.1, 0.15) is 0 Å². The van der Waals surface area contributed by atoms with Crippen LogP contribution in [-0.2, 0) is 4.79 Å². The Kier molecular flexibility index (Phi) is 5.76. The average Bonchev–Trinajstić information content (AvgIpc) is 2.52. The van der Waals surface area contributed by atoms with Crippen LogP contribution in [-0.4, -0.2) is 17.7 Å². The smallest absolute Gasteiger partial charge is 0.251 e. The Morgan fingerprint density at radius 3 is 2.41 bits per heavy atom. The van der Waals surface area contributed by atoms with Crippen molar-refractivity contribution in [3.05, 3.63) is 35.4 Å². The Morgan fingerprint density at radius 2 is 1.82 bits per heavy atom. The van der Waals surface area contributed by atoms with E-state index in [1.54, 1.807) is 6.07 Å². The fourth-order valence-electron chi connectivity index (χ4n) is 3.26. The minimum absolute atomic E-state index is 0.0512. The van der Waals surface area contributed by atoms with Gasteiger partial charge in [0.05, 0.1) is 6.04 Å². The van der Waals surface area contributed by atoms with Gasteiger partial charge < -0.3 is 5.32 Å². The summed E-state index contributed by atoms with van der Waals surface area (Å²) >= 11 is 0. The number of benzene rings is 1. The molecule has 3 heteroatoms. The van der Waals surface area contributed by atoms with Crippen LogP contribution in [0.5, 0.6) is 0 Å².